The van der Waals surface area contributed by atoms with Gasteiger partial charge in [-0.3, -0.25) is 0 Å². The first kappa shape index (κ1) is 14.0. The van der Waals surface area contributed by atoms with E-state index in [1.807, 2.05) is 0 Å². The molecule has 1 N–H and O–H groups in total. The fourth-order valence-electron chi connectivity index (χ4n) is 2.36. The second-order valence-electron chi connectivity index (χ2n) is 5.59. The molecule has 0 aromatic heterocycles. The van der Waals surface area contributed by atoms with Gasteiger partial charge in [0.15, 0.2) is 0 Å². The Bertz CT molecular complexity index is 164. The molecule has 96 valence electrons. The van der Waals surface area contributed by atoms with Crippen LogP contribution >= 0.6 is 0 Å². The number of hydrogen-bond acceptors (Lipinski definition) is 2. The van der Waals surface area contributed by atoms with Crippen molar-refractivity contribution in [2.75, 3.05) is 19.8 Å². The standard InChI is InChI=1S/C14H29NO/c1-4-8-15-14(6-5-12(2)3)10-13-7-9-16-11-13/h12-15H,4-11H2,1-3H3. The van der Waals surface area contributed by atoms with E-state index in [-0.39, 0.29) is 0 Å². The maximum absolute atomic E-state index is 5.46. The van der Waals surface area contributed by atoms with Crippen molar-refractivity contribution in [2.24, 2.45) is 11.8 Å². The van der Waals surface area contributed by atoms with E-state index in [9.17, 15) is 0 Å². The Balaban J connectivity index is 2.24. The van der Waals surface area contributed by atoms with Crippen molar-refractivity contribution < 1.29 is 4.74 Å². The molecule has 1 heterocycles. The lowest BCUT2D eigenvalue weighted by molar-refractivity contribution is 0.180. The number of nitrogens with one attached hydrogen (secondary N) is 1. The van der Waals surface area contributed by atoms with Gasteiger partial charge in [-0.05, 0) is 50.5 Å². The monoisotopic (exact) mass is 227 g/mol. The molecule has 16 heavy (non-hydrogen) atoms. The van der Waals surface area contributed by atoms with Gasteiger partial charge in [0.05, 0.1) is 0 Å². The molecule has 1 saturated heterocycles. The van der Waals surface area contributed by atoms with Crippen molar-refractivity contribution in [3.8, 4) is 0 Å². The van der Waals surface area contributed by atoms with Gasteiger partial charge in [-0.1, -0.05) is 20.8 Å². The van der Waals surface area contributed by atoms with Crippen LogP contribution in [0.1, 0.15) is 52.9 Å². The van der Waals surface area contributed by atoms with E-state index in [0.29, 0.717) is 6.04 Å². The van der Waals surface area contributed by atoms with E-state index < -0.39 is 0 Å². The van der Waals surface area contributed by atoms with Gasteiger partial charge in [0.25, 0.3) is 0 Å². The van der Waals surface area contributed by atoms with Gasteiger partial charge in [0, 0.05) is 19.3 Å². The Labute approximate surface area is 101 Å². The lowest BCUT2D eigenvalue weighted by atomic mass is 9.94. The van der Waals surface area contributed by atoms with Crippen LogP contribution in [0.2, 0.25) is 0 Å². The van der Waals surface area contributed by atoms with E-state index >= 15 is 0 Å². The predicted molar refractivity (Wildman–Crippen MR) is 69.7 cm³/mol. The topological polar surface area (TPSA) is 21.3 Å². The molecule has 0 spiro atoms. The first-order valence-electron chi connectivity index (χ1n) is 7.03. The summed E-state index contributed by atoms with van der Waals surface area (Å²) >= 11 is 0. The molecule has 0 radical (unpaired) electrons. The molecule has 1 rings (SSSR count). The molecule has 2 atom stereocenters. The average Bonchev–Trinajstić information content (AvgIpc) is 2.74. The minimum atomic E-state index is 0.717. The summed E-state index contributed by atoms with van der Waals surface area (Å²) in [6.07, 6.45) is 6.49. The number of hydrogen-bond donors (Lipinski definition) is 1. The molecule has 1 fully saturated rings. The van der Waals surface area contributed by atoms with Gasteiger partial charge >= 0.3 is 0 Å². The van der Waals surface area contributed by atoms with Crippen LogP contribution < -0.4 is 5.32 Å². The zero-order valence-electron chi connectivity index (χ0n) is 11.3. The van der Waals surface area contributed by atoms with Crippen molar-refractivity contribution in [3.05, 3.63) is 0 Å². The van der Waals surface area contributed by atoms with E-state index in [1.165, 1.54) is 32.1 Å². The molecule has 2 heteroatoms. The van der Waals surface area contributed by atoms with Crippen LogP contribution in [0.5, 0.6) is 0 Å². The summed E-state index contributed by atoms with van der Waals surface area (Å²) in [5.74, 6) is 1.63. The molecular weight excluding hydrogens is 198 g/mol. The number of ether oxygens (including phenoxy) is 1. The van der Waals surface area contributed by atoms with E-state index in [2.05, 4.69) is 26.1 Å². The fourth-order valence-corrected chi connectivity index (χ4v) is 2.36. The Morgan fingerprint density at radius 1 is 1.31 bits per heavy atom. The third-order valence-corrected chi connectivity index (χ3v) is 3.42. The van der Waals surface area contributed by atoms with Crippen molar-refractivity contribution >= 4 is 0 Å². The van der Waals surface area contributed by atoms with Crippen molar-refractivity contribution in [2.45, 2.75) is 58.9 Å². The van der Waals surface area contributed by atoms with Crippen LogP contribution in [0, 0.1) is 11.8 Å². The van der Waals surface area contributed by atoms with Crippen LogP contribution in [0.25, 0.3) is 0 Å². The molecule has 0 amide bonds. The molecule has 0 saturated carbocycles. The van der Waals surface area contributed by atoms with Crippen LogP contribution in [-0.4, -0.2) is 25.8 Å². The fraction of sp³-hybridized carbons (Fsp3) is 1.00. The molecule has 0 aromatic rings. The van der Waals surface area contributed by atoms with Gasteiger partial charge in [0.2, 0.25) is 0 Å². The lowest BCUT2D eigenvalue weighted by Crippen LogP contribution is -2.32. The largest absolute Gasteiger partial charge is 0.381 e. The maximum atomic E-state index is 5.46. The first-order valence-corrected chi connectivity index (χ1v) is 7.03. The zero-order chi connectivity index (χ0) is 11.8. The van der Waals surface area contributed by atoms with Gasteiger partial charge in [-0.2, -0.15) is 0 Å². The highest BCUT2D eigenvalue weighted by Gasteiger charge is 2.20. The Hall–Kier alpha value is -0.0800. The minimum Gasteiger partial charge on any atom is -0.381 e. The molecule has 2 nitrogen and oxygen atoms in total. The summed E-state index contributed by atoms with van der Waals surface area (Å²) in [6.45, 7) is 10.0. The third-order valence-electron chi connectivity index (χ3n) is 3.42. The third kappa shape index (κ3) is 5.86. The van der Waals surface area contributed by atoms with Crippen LogP contribution in [0.4, 0.5) is 0 Å². The van der Waals surface area contributed by atoms with Crippen LogP contribution in [0.15, 0.2) is 0 Å². The first-order chi connectivity index (χ1) is 7.72. The SMILES string of the molecule is CCCNC(CCC(C)C)CC1CCOC1. The quantitative estimate of drug-likeness (QED) is 0.687. The second-order valence-corrected chi connectivity index (χ2v) is 5.59. The zero-order valence-corrected chi connectivity index (χ0v) is 11.3. The molecule has 2 unspecified atom stereocenters. The highest BCUT2D eigenvalue weighted by atomic mass is 16.5. The summed E-state index contributed by atoms with van der Waals surface area (Å²) in [5, 5.41) is 3.70. The molecule has 0 bridgehead atoms. The maximum Gasteiger partial charge on any atom is 0.0495 e. The normalized spacial score (nSPS) is 22.9. The summed E-state index contributed by atoms with van der Waals surface area (Å²) < 4.78 is 5.46. The van der Waals surface area contributed by atoms with Crippen LogP contribution in [0.3, 0.4) is 0 Å². The number of rotatable bonds is 8. The smallest absolute Gasteiger partial charge is 0.0495 e. The average molecular weight is 227 g/mol. The Morgan fingerprint density at radius 2 is 2.12 bits per heavy atom. The predicted octanol–water partition coefficient (Wildman–Crippen LogP) is 3.22. The summed E-state index contributed by atoms with van der Waals surface area (Å²) in [4.78, 5) is 0. The van der Waals surface area contributed by atoms with Gasteiger partial charge in [0.1, 0.15) is 0 Å². The lowest BCUT2D eigenvalue weighted by Gasteiger charge is -2.22. The molecule has 0 aromatic carbocycles. The summed E-state index contributed by atoms with van der Waals surface area (Å²) in [5.41, 5.74) is 0. The van der Waals surface area contributed by atoms with Crippen LogP contribution in [-0.2, 0) is 4.74 Å². The molecule has 1 aliphatic heterocycles. The van der Waals surface area contributed by atoms with Crippen molar-refractivity contribution in [1.82, 2.24) is 5.32 Å². The van der Waals surface area contributed by atoms with Crippen molar-refractivity contribution in [1.29, 1.82) is 0 Å². The molecule has 1 aliphatic rings. The van der Waals surface area contributed by atoms with Gasteiger partial charge in [-0.25, -0.2) is 0 Å². The van der Waals surface area contributed by atoms with Gasteiger partial charge < -0.3 is 10.1 Å². The van der Waals surface area contributed by atoms with E-state index in [4.69, 9.17) is 4.74 Å². The van der Waals surface area contributed by atoms with E-state index in [1.54, 1.807) is 0 Å². The Morgan fingerprint density at radius 3 is 2.69 bits per heavy atom. The summed E-state index contributed by atoms with van der Waals surface area (Å²) in [7, 11) is 0. The highest BCUT2D eigenvalue weighted by molar-refractivity contribution is 4.75. The Kier molecular flexibility index (Phi) is 7.06. The summed E-state index contributed by atoms with van der Waals surface area (Å²) in [6, 6.07) is 0.717. The highest BCUT2D eigenvalue weighted by Crippen LogP contribution is 2.21. The molecular formula is C14H29NO. The van der Waals surface area contributed by atoms with Gasteiger partial charge in [-0.15, -0.1) is 0 Å². The molecule has 0 aliphatic carbocycles. The minimum absolute atomic E-state index is 0.717. The second kappa shape index (κ2) is 8.08. The van der Waals surface area contributed by atoms with E-state index in [0.717, 1.165) is 31.6 Å². The van der Waals surface area contributed by atoms with Crippen molar-refractivity contribution in [3.63, 3.8) is 0 Å².